The Hall–Kier alpha value is -1.56. The highest BCUT2D eigenvalue weighted by atomic mass is 16.5. The second kappa shape index (κ2) is 5.86. The van der Waals surface area contributed by atoms with Crippen LogP contribution in [-0.4, -0.2) is 35.4 Å². The molecule has 2 rings (SSSR count). The predicted octanol–water partition coefficient (Wildman–Crippen LogP) is 1.40. The largest absolute Gasteiger partial charge is 0.473 e. The van der Waals surface area contributed by atoms with E-state index in [2.05, 4.69) is 9.97 Å². The summed E-state index contributed by atoms with van der Waals surface area (Å²) in [6.07, 6.45) is 3.62. The fourth-order valence-electron chi connectivity index (χ4n) is 1.74. The van der Waals surface area contributed by atoms with Crippen LogP contribution in [0.25, 0.3) is 0 Å². The Balaban J connectivity index is 1.98. The van der Waals surface area contributed by atoms with Gasteiger partial charge in [-0.25, -0.2) is 0 Å². The molecular formula is C12H19N3O3. The number of nitrogens with zero attached hydrogens (tertiary/aromatic N) is 2. The number of hydrogen-bond acceptors (Lipinski definition) is 6. The van der Waals surface area contributed by atoms with Gasteiger partial charge in [-0.2, -0.15) is 9.97 Å². The van der Waals surface area contributed by atoms with Crippen LogP contribution >= 0.6 is 0 Å². The van der Waals surface area contributed by atoms with Crippen LogP contribution in [0, 0.1) is 0 Å². The summed E-state index contributed by atoms with van der Waals surface area (Å²) in [5, 5.41) is 0. The molecule has 2 heterocycles. The number of hydrogen-bond donors (Lipinski definition) is 1. The van der Waals surface area contributed by atoms with Crippen molar-refractivity contribution in [3.8, 4) is 11.8 Å². The van der Waals surface area contributed by atoms with Crippen LogP contribution in [0.15, 0.2) is 6.33 Å². The maximum Gasteiger partial charge on any atom is 0.244 e. The number of anilines is 1. The molecule has 0 spiro atoms. The maximum atomic E-state index is 5.90. The number of aromatic nitrogens is 2. The van der Waals surface area contributed by atoms with Gasteiger partial charge < -0.3 is 19.9 Å². The molecule has 1 aromatic heterocycles. The monoisotopic (exact) mass is 253 g/mol. The molecular weight excluding hydrogens is 234 g/mol. The van der Waals surface area contributed by atoms with Crippen LogP contribution in [0.3, 0.4) is 0 Å². The maximum absolute atomic E-state index is 5.90. The van der Waals surface area contributed by atoms with Gasteiger partial charge in [-0.3, -0.25) is 0 Å². The van der Waals surface area contributed by atoms with Crippen molar-refractivity contribution >= 4 is 5.69 Å². The first-order chi connectivity index (χ1) is 8.66. The summed E-state index contributed by atoms with van der Waals surface area (Å²) < 4.78 is 16.5. The number of ether oxygens (including phenoxy) is 3. The lowest BCUT2D eigenvalue weighted by Crippen LogP contribution is -2.18. The minimum atomic E-state index is 0.00761. The fraction of sp³-hybridized carbons (Fsp3) is 0.667. The molecule has 1 aliphatic heterocycles. The van der Waals surface area contributed by atoms with Gasteiger partial charge >= 0.3 is 0 Å². The zero-order valence-corrected chi connectivity index (χ0v) is 10.8. The highest BCUT2D eigenvalue weighted by molar-refractivity contribution is 5.55. The highest BCUT2D eigenvalue weighted by Gasteiger charge is 2.18. The van der Waals surface area contributed by atoms with Gasteiger partial charge in [0.15, 0.2) is 5.69 Å². The van der Waals surface area contributed by atoms with Gasteiger partial charge in [0.05, 0.1) is 12.2 Å². The third kappa shape index (κ3) is 3.22. The van der Waals surface area contributed by atoms with Crippen molar-refractivity contribution in [3.63, 3.8) is 0 Å². The molecule has 0 aliphatic carbocycles. The van der Waals surface area contributed by atoms with Crippen LogP contribution < -0.4 is 15.2 Å². The lowest BCUT2D eigenvalue weighted by atomic mass is 10.2. The average molecular weight is 253 g/mol. The van der Waals surface area contributed by atoms with Gasteiger partial charge in [-0.15, -0.1) is 0 Å². The van der Waals surface area contributed by atoms with Gasteiger partial charge in [0.2, 0.25) is 11.8 Å². The molecule has 6 nitrogen and oxygen atoms in total. The summed E-state index contributed by atoms with van der Waals surface area (Å²) in [6, 6.07) is 0. The normalized spacial score (nSPS) is 19.2. The van der Waals surface area contributed by atoms with Crippen molar-refractivity contribution in [1.29, 1.82) is 0 Å². The van der Waals surface area contributed by atoms with E-state index in [0.29, 0.717) is 24.1 Å². The van der Waals surface area contributed by atoms with E-state index in [1.165, 1.54) is 6.33 Å². The number of rotatable bonds is 5. The van der Waals surface area contributed by atoms with Crippen molar-refractivity contribution in [2.24, 2.45) is 0 Å². The molecule has 18 heavy (non-hydrogen) atoms. The molecule has 0 radical (unpaired) electrons. The SMILES string of the molecule is CC(C)Oc1ncnc(OCC2CCCO2)c1N. The Morgan fingerprint density at radius 2 is 2.22 bits per heavy atom. The van der Waals surface area contributed by atoms with Crippen LogP contribution in [-0.2, 0) is 4.74 Å². The van der Waals surface area contributed by atoms with Crippen molar-refractivity contribution in [3.05, 3.63) is 6.33 Å². The molecule has 1 unspecified atom stereocenters. The summed E-state index contributed by atoms with van der Waals surface area (Å²) in [6.45, 7) is 5.08. The Morgan fingerprint density at radius 1 is 1.44 bits per heavy atom. The molecule has 0 bridgehead atoms. The zero-order chi connectivity index (χ0) is 13.0. The minimum Gasteiger partial charge on any atom is -0.473 e. The molecule has 2 N–H and O–H groups in total. The quantitative estimate of drug-likeness (QED) is 0.854. The highest BCUT2D eigenvalue weighted by Crippen LogP contribution is 2.27. The van der Waals surface area contributed by atoms with Crippen molar-refractivity contribution in [2.75, 3.05) is 18.9 Å². The Morgan fingerprint density at radius 3 is 2.89 bits per heavy atom. The molecule has 100 valence electrons. The summed E-state index contributed by atoms with van der Waals surface area (Å²) in [5.74, 6) is 0.721. The van der Waals surface area contributed by atoms with Gasteiger partial charge in [-0.05, 0) is 26.7 Å². The van der Waals surface area contributed by atoms with E-state index < -0.39 is 0 Å². The molecule has 0 saturated carbocycles. The van der Waals surface area contributed by atoms with Crippen molar-refractivity contribution in [1.82, 2.24) is 9.97 Å². The van der Waals surface area contributed by atoms with E-state index in [0.717, 1.165) is 19.4 Å². The fourth-order valence-corrected chi connectivity index (χ4v) is 1.74. The van der Waals surface area contributed by atoms with Gasteiger partial charge in [0.25, 0.3) is 0 Å². The molecule has 1 saturated heterocycles. The summed E-state index contributed by atoms with van der Waals surface area (Å²) in [5.41, 5.74) is 6.24. The Labute approximate surface area is 106 Å². The first kappa shape index (κ1) is 12.9. The van der Waals surface area contributed by atoms with Crippen LogP contribution in [0.1, 0.15) is 26.7 Å². The Kier molecular flexibility index (Phi) is 4.19. The Bertz CT molecular complexity index is 392. The summed E-state index contributed by atoms with van der Waals surface area (Å²) >= 11 is 0. The van der Waals surface area contributed by atoms with E-state index in [-0.39, 0.29) is 12.2 Å². The zero-order valence-electron chi connectivity index (χ0n) is 10.8. The smallest absolute Gasteiger partial charge is 0.244 e. The number of nitrogen functional groups attached to an aromatic ring is 1. The molecule has 0 aromatic carbocycles. The van der Waals surface area contributed by atoms with Crippen molar-refractivity contribution in [2.45, 2.75) is 38.9 Å². The standard InChI is InChI=1S/C12H19N3O3/c1-8(2)18-12-10(13)11(14-7-15-12)17-6-9-4-3-5-16-9/h7-9H,3-6,13H2,1-2H3. The summed E-state index contributed by atoms with van der Waals surface area (Å²) in [7, 11) is 0. The molecule has 1 aliphatic rings. The summed E-state index contributed by atoms with van der Waals surface area (Å²) in [4.78, 5) is 8.00. The van der Waals surface area contributed by atoms with Gasteiger partial charge in [0, 0.05) is 6.61 Å². The molecule has 0 amide bonds. The van der Waals surface area contributed by atoms with Gasteiger partial charge in [-0.1, -0.05) is 0 Å². The molecule has 1 fully saturated rings. The van der Waals surface area contributed by atoms with Crippen LogP contribution in [0.5, 0.6) is 11.8 Å². The lowest BCUT2D eigenvalue weighted by molar-refractivity contribution is 0.0664. The third-order valence-electron chi connectivity index (χ3n) is 2.59. The van der Waals surface area contributed by atoms with E-state index in [4.69, 9.17) is 19.9 Å². The van der Waals surface area contributed by atoms with E-state index in [9.17, 15) is 0 Å². The van der Waals surface area contributed by atoms with Crippen LogP contribution in [0.2, 0.25) is 0 Å². The van der Waals surface area contributed by atoms with Gasteiger partial charge in [0.1, 0.15) is 12.9 Å². The first-order valence-corrected chi connectivity index (χ1v) is 6.18. The minimum absolute atomic E-state index is 0.00761. The molecule has 1 aromatic rings. The van der Waals surface area contributed by atoms with E-state index in [1.54, 1.807) is 0 Å². The first-order valence-electron chi connectivity index (χ1n) is 6.18. The predicted molar refractivity (Wildman–Crippen MR) is 66.7 cm³/mol. The average Bonchev–Trinajstić information content (AvgIpc) is 2.83. The number of nitrogens with two attached hydrogens (primary N) is 1. The van der Waals surface area contributed by atoms with E-state index in [1.807, 2.05) is 13.8 Å². The molecule has 1 atom stereocenters. The van der Waals surface area contributed by atoms with Crippen molar-refractivity contribution < 1.29 is 14.2 Å². The lowest BCUT2D eigenvalue weighted by Gasteiger charge is -2.14. The van der Waals surface area contributed by atoms with Crippen LogP contribution in [0.4, 0.5) is 5.69 Å². The second-order valence-corrected chi connectivity index (χ2v) is 4.51. The third-order valence-corrected chi connectivity index (χ3v) is 2.59. The molecule has 6 heteroatoms. The topological polar surface area (TPSA) is 79.5 Å². The van der Waals surface area contributed by atoms with E-state index >= 15 is 0 Å². The second-order valence-electron chi connectivity index (χ2n) is 4.51.